The number of aromatic nitrogens is 1. The Balaban J connectivity index is 1.72. The number of nitrogens with zero attached hydrogens (tertiary/aromatic N) is 3. The third kappa shape index (κ3) is 3.27. The van der Waals surface area contributed by atoms with E-state index in [0.29, 0.717) is 6.04 Å². The van der Waals surface area contributed by atoms with Crippen LogP contribution in [0.5, 0.6) is 0 Å². The molecular weight excluding hydrogens is 300 g/mol. The number of rotatable bonds is 4. The van der Waals surface area contributed by atoms with Gasteiger partial charge in [0.25, 0.3) is 0 Å². The van der Waals surface area contributed by atoms with Crippen LogP contribution in [0.2, 0.25) is 0 Å². The Bertz CT molecular complexity index is 555. The Morgan fingerprint density at radius 3 is 2.29 bits per heavy atom. The first-order chi connectivity index (χ1) is 11.5. The number of pyridine rings is 1. The molecule has 0 bridgehead atoms. The van der Waals surface area contributed by atoms with E-state index in [-0.39, 0.29) is 5.91 Å². The normalized spacial score (nSPS) is 21.9. The van der Waals surface area contributed by atoms with E-state index in [9.17, 15) is 4.79 Å². The summed E-state index contributed by atoms with van der Waals surface area (Å²) in [5.74, 6) is 0.819. The van der Waals surface area contributed by atoms with Gasteiger partial charge in [0.15, 0.2) is 0 Å². The fourth-order valence-electron chi connectivity index (χ4n) is 4.16. The van der Waals surface area contributed by atoms with Crippen LogP contribution in [0.25, 0.3) is 0 Å². The van der Waals surface area contributed by atoms with Crippen molar-refractivity contribution in [1.29, 1.82) is 0 Å². The first-order valence-electron chi connectivity index (χ1n) is 9.28. The molecule has 0 unspecified atom stereocenters. The predicted octanol–water partition coefficient (Wildman–Crippen LogP) is 2.30. The Kier molecular flexibility index (Phi) is 5.09. The summed E-state index contributed by atoms with van der Waals surface area (Å²) in [6, 6.07) is 4.75. The van der Waals surface area contributed by atoms with E-state index in [2.05, 4.69) is 40.8 Å². The van der Waals surface area contributed by atoms with Crippen molar-refractivity contribution in [3.05, 3.63) is 23.9 Å². The van der Waals surface area contributed by atoms with Crippen LogP contribution in [0, 0.1) is 0 Å². The molecule has 2 fully saturated rings. The molecule has 2 aliphatic rings. The van der Waals surface area contributed by atoms with Crippen LogP contribution >= 0.6 is 0 Å². The van der Waals surface area contributed by atoms with Crippen molar-refractivity contribution in [3.8, 4) is 0 Å². The van der Waals surface area contributed by atoms with Crippen LogP contribution in [-0.2, 0) is 10.2 Å². The maximum absolute atomic E-state index is 12.1. The highest BCUT2D eigenvalue weighted by Crippen LogP contribution is 2.39. The Hall–Kier alpha value is -1.62. The number of hydrogen-bond donors (Lipinski definition) is 1. The summed E-state index contributed by atoms with van der Waals surface area (Å²) in [6.07, 6.45) is 6.94. The van der Waals surface area contributed by atoms with E-state index >= 15 is 0 Å². The van der Waals surface area contributed by atoms with Gasteiger partial charge in [0.2, 0.25) is 5.91 Å². The number of carbonyl (C=O) groups is 1. The van der Waals surface area contributed by atoms with Gasteiger partial charge in [-0.2, -0.15) is 0 Å². The molecule has 2 heterocycles. The fourth-order valence-corrected chi connectivity index (χ4v) is 4.16. The highest BCUT2D eigenvalue weighted by Gasteiger charge is 2.39. The number of primary amides is 1. The molecular formula is C19H30N4O. The largest absolute Gasteiger partial charge is 0.369 e. The predicted molar refractivity (Wildman–Crippen MR) is 97.1 cm³/mol. The van der Waals surface area contributed by atoms with Crippen LogP contribution in [0.4, 0.5) is 5.82 Å². The van der Waals surface area contributed by atoms with Gasteiger partial charge in [-0.25, -0.2) is 4.98 Å². The van der Waals surface area contributed by atoms with Gasteiger partial charge in [0.05, 0.1) is 5.41 Å². The van der Waals surface area contributed by atoms with Gasteiger partial charge in [-0.05, 0) is 38.3 Å². The lowest BCUT2D eigenvalue weighted by molar-refractivity contribution is -0.124. The summed E-state index contributed by atoms with van der Waals surface area (Å²) in [5.41, 5.74) is 6.28. The molecule has 132 valence electrons. The number of carbonyl (C=O) groups excluding carboxylic acids is 1. The zero-order valence-electron chi connectivity index (χ0n) is 15.0. The van der Waals surface area contributed by atoms with Crippen LogP contribution < -0.4 is 10.6 Å². The molecule has 1 aromatic heterocycles. The Labute approximate surface area is 145 Å². The van der Waals surface area contributed by atoms with Crippen LogP contribution in [0.15, 0.2) is 18.3 Å². The number of anilines is 1. The molecule has 5 nitrogen and oxygen atoms in total. The number of amides is 1. The molecule has 3 rings (SSSR count). The molecule has 5 heteroatoms. The van der Waals surface area contributed by atoms with Crippen LogP contribution in [-0.4, -0.2) is 48.0 Å². The van der Waals surface area contributed by atoms with Gasteiger partial charge in [0.1, 0.15) is 5.82 Å². The monoisotopic (exact) mass is 330 g/mol. The standard InChI is InChI=1S/C19H30N4O/c1-15(2)22-10-12-23(13-11-22)17-7-6-16(14-21-17)19(18(20)24)8-4-3-5-9-19/h6-7,14-15H,3-5,8-13H2,1-2H3,(H2,20,24). The van der Waals surface area contributed by atoms with Gasteiger partial charge in [-0.15, -0.1) is 0 Å². The molecule has 1 aliphatic heterocycles. The number of nitrogens with two attached hydrogens (primary N) is 1. The molecule has 0 aromatic carbocycles. The van der Waals surface area contributed by atoms with Crippen LogP contribution in [0.1, 0.15) is 51.5 Å². The maximum Gasteiger partial charge on any atom is 0.228 e. The Morgan fingerprint density at radius 2 is 1.79 bits per heavy atom. The molecule has 0 spiro atoms. The lowest BCUT2D eigenvalue weighted by Crippen LogP contribution is -2.49. The number of hydrogen-bond acceptors (Lipinski definition) is 4. The average Bonchev–Trinajstić information content (AvgIpc) is 2.62. The highest BCUT2D eigenvalue weighted by atomic mass is 16.1. The molecule has 1 saturated carbocycles. The van der Waals surface area contributed by atoms with Crippen molar-refractivity contribution in [2.45, 2.75) is 57.4 Å². The quantitative estimate of drug-likeness (QED) is 0.920. The second kappa shape index (κ2) is 7.09. The van der Waals surface area contributed by atoms with E-state index in [1.165, 1.54) is 6.42 Å². The summed E-state index contributed by atoms with van der Waals surface area (Å²) >= 11 is 0. The van der Waals surface area contributed by atoms with Crippen molar-refractivity contribution in [3.63, 3.8) is 0 Å². The first-order valence-corrected chi connectivity index (χ1v) is 9.28. The molecule has 1 amide bonds. The fraction of sp³-hybridized carbons (Fsp3) is 0.684. The minimum atomic E-state index is -0.500. The van der Waals surface area contributed by atoms with Crippen molar-refractivity contribution in [1.82, 2.24) is 9.88 Å². The zero-order chi connectivity index (χ0) is 17.2. The van der Waals surface area contributed by atoms with E-state index in [1.54, 1.807) is 0 Å². The van der Waals surface area contributed by atoms with E-state index in [0.717, 1.165) is 63.2 Å². The van der Waals surface area contributed by atoms with Gasteiger partial charge < -0.3 is 10.6 Å². The van der Waals surface area contributed by atoms with E-state index in [1.807, 2.05) is 6.20 Å². The smallest absolute Gasteiger partial charge is 0.228 e. The van der Waals surface area contributed by atoms with Crippen molar-refractivity contribution in [2.75, 3.05) is 31.1 Å². The topological polar surface area (TPSA) is 62.5 Å². The second-order valence-corrected chi connectivity index (χ2v) is 7.53. The molecule has 1 aliphatic carbocycles. The summed E-state index contributed by atoms with van der Waals surface area (Å²) in [4.78, 5) is 21.6. The highest BCUT2D eigenvalue weighted by molar-refractivity contribution is 5.86. The van der Waals surface area contributed by atoms with Gasteiger partial charge >= 0.3 is 0 Å². The van der Waals surface area contributed by atoms with Crippen LogP contribution in [0.3, 0.4) is 0 Å². The minimum Gasteiger partial charge on any atom is -0.369 e. The van der Waals surface area contributed by atoms with E-state index < -0.39 is 5.41 Å². The lowest BCUT2D eigenvalue weighted by atomic mass is 9.69. The third-order valence-corrected chi connectivity index (χ3v) is 5.85. The van der Waals surface area contributed by atoms with Gasteiger partial charge in [-0.3, -0.25) is 9.69 Å². The van der Waals surface area contributed by atoms with Crippen molar-refractivity contribution in [2.24, 2.45) is 5.73 Å². The van der Waals surface area contributed by atoms with Crippen molar-refractivity contribution < 1.29 is 4.79 Å². The van der Waals surface area contributed by atoms with Gasteiger partial charge in [0, 0.05) is 38.4 Å². The Morgan fingerprint density at radius 1 is 1.12 bits per heavy atom. The average molecular weight is 330 g/mol. The molecule has 1 aromatic rings. The first kappa shape index (κ1) is 17.2. The lowest BCUT2D eigenvalue weighted by Gasteiger charge is -2.38. The molecule has 1 saturated heterocycles. The molecule has 24 heavy (non-hydrogen) atoms. The second-order valence-electron chi connectivity index (χ2n) is 7.53. The minimum absolute atomic E-state index is 0.192. The molecule has 0 radical (unpaired) electrons. The maximum atomic E-state index is 12.1. The summed E-state index contributed by atoms with van der Waals surface area (Å²) < 4.78 is 0. The van der Waals surface area contributed by atoms with Gasteiger partial charge in [-0.1, -0.05) is 25.3 Å². The molecule has 0 atom stereocenters. The zero-order valence-corrected chi connectivity index (χ0v) is 15.0. The summed E-state index contributed by atoms with van der Waals surface area (Å²) in [7, 11) is 0. The number of piperazine rings is 1. The third-order valence-electron chi connectivity index (χ3n) is 5.85. The molecule has 2 N–H and O–H groups in total. The SMILES string of the molecule is CC(C)N1CCN(c2ccc(C3(C(N)=O)CCCCC3)cn2)CC1. The summed E-state index contributed by atoms with van der Waals surface area (Å²) in [6.45, 7) is 8.65. The summed E-state index contributed by atoms with van der Waals surface area (Å²) in [5, 5.41) is 0. The van der Waals surface area contributed by atoms with Crippen molar-refractivity contribution >= 4 is 11.7 Å². The van der Waals surface area contributed by atoms with E-state index in [4.69, 9.17) is 5.73 Å².